The summed E-state index contributed by atoms with van der Waals surface area (Å²) >= 11 is 0. The molecule has 0 bridgehead atoms. The molecule has 0 aromatic rings. The van der Waals surface area contributed by atoms with E-state index in [4.69, 9.17) is 28.4 Å². The molecule has 5 fully saturated rings. The lowest BCUT2D eigenvalue weighted by Gasteiger charge is -2.49. The Morgan fingerprint density at radius 2 is 1.67 bits per heavy atom. The third kappa shape index (κ3) is 13.3. The van der Waals surface area contributed by atoms with E-state index in [0.29, 0.717) is 45.6 Å². The summed E-state index contributed by atoms with van der Waals surface area (Å²) in [5.74, 6) is -1.67. The number of aliphatic hydroxyl groups is 2. The summed E-state index contributed by atoms with van der Waals surface area (Å²) in [7, 11) is 9.45. The number of ether oxygens (including phenoxy) is 6. The van der Waals surface area contributed by atoms with Gasteiger partial charge in [-0.1, -0.05) is 20.8 Å². The minimum atomic E-state index is -1.51. The maximum atomic E-state index is 14.8. The smallest absolute Gasteiger partial charge is 0.234 e. The van der Waals surface area contributed by atoms with E-state index in [2.05, 4.69) is 27.1 Å². The molecule has 0 aliphatic carbocycles. The molecular weight excluding hydrogens is 813 g/mol. The fourth-order valence-corrected chi connectivity index (χ4v) is 10.8. The van der Waals surface area contributed by atoms with Crippen molar-refractivity contribution in [3.05, 3.63) is 0 Å². The molecule has 5 heterocycles. The maximum absolute atomic E-state index is 14.8. The molecule has 5 saturated heterocycles. The van der Waals surface area contributed by atoms with Crippen LogP contribution in [-0.2, 0) is 42.8 Å². The topological polar surface area (TPSA) is 175 Å². The van der Waals surface area contributed by atoms with Crippen LogP contribution in [0.2, 0.25) is 0 Å². The van der Waals surface area contributed by atoms with Crippen molar-refractivity contribution in [2.24, 2.45) is 17.8 Å². The van der Waals surface area contributed by atoms with Crippen molar-refractivity contribution >= 4 is 17.7 Å². The first kappa shape index (κ1) is 51.9. The van der Waals surface area contributed by atoms with E-state index in [1.165, 1.54) is 0 Å². The highest BCUT2D eigenvalue weighted by Gasteiger charge is 2.52. The molecule has 15 atom stereocenters. The van der Waals surface area contributed by atoms with Crippen molar-refractivity contribution < 1.29 is 53.0 Å². The van der Waals surface area contributed by atoms with Crippen molar-refractivity contribution in [1.29, 1.82) is 0 Å². The van der Waals surface area contributed by atoms with Crippen LogP contribution in [0, 0.1) is 17.8 Å². The second-order valence-electron chi connectivity index (χ2n) is 20.4. The average molecular weight is 897 g/mol. The molecule has 5 aliphatic heterocycles. The Morgan fingerprint density at radius 1 is 0.968 bits per heavy atom. The van der Waals surface area contributed by atoms with Gasteiger partial charge in [0.05, 0.1) is 48.1 Å². The van der Waals surface area contributed by atoms with Crippen LogP contribution in [0.3, 0.4) is 0 Å². The third-order valence-corrected chi connectivity index (χ3v) is 14.6. The Kier molecular flexibility index (Phi) is 18.7. The van der Waals surface area contributed by atoms with E-state index < -0.39 is 66.1 Å². The first-order valence-corrected chi connectivity index (χ1v) is 23.7. The van der Waals surface area contributed by atoms with Gasteiger partial charge in [0.1, 0.15) is 12.2 Å². The van der Waals surface area contributed by atoms with Gasteiger partial charge in [-0.25, -0.2) is 0 Å². The van der Waals surface area contributed by atoms with Gasteiger partial charge in [0.15, 0.2) is 12.6 Å². The second-order valence-corrected chi connectivity index (χ2v) is 20.4. The molecule has 63 heavy (non-hydrogen) atoms. The lowest BCUT2D eigenvalue weighted by molar-refractivity contribution is -0.321. The number of amides is 3. The number of nitrogens with zero attached hydrogens (tertiary/aromatic N) is 5. The molecule has 0 unspecified atom stereocenters. The molecular formula is C46H84N6O11. The molecule has 17 nitrogen and oxygen atoms in total. The number of fused-ring (bicyclic) bond motifs is 1. The highest BCUT2D eigenvalue weighted by molar-refractivity contribution is 5.82. The van der Waals surface area contributed by atoms with Gasteiger partial charge in [0.2, 0.25) is 17.7 Å². The molecule has 0 saturated carbocycles. The highest BCUT2D eigenvalue weighted by Crippen LogP contribution is 2.40. The fourth-order valence-electron chi connectivity index (χ4n) is 10.8. The molecule has 0 aromatic carbocycles. The van der Waals surface area contributed by atoms with Crippen LogP contribution in [0.4, 0.5) is 0 Å². The van der Waals surface area contributed by atoms with Crippen molar-refractivity contribution in [1.82, 2.24) is 29.8 Å². The number of methoxy groups -OCH3 is 1. The minimum Gasteiger partial charge on any atom is -0.387 e. The molecule has 364 valence electrons. The predicted octanol–water partition coefficient (Wildman–Crippen LogP) is 1.76. The van der Waals surface area contributed by atoms with E-state index in [1.54, 1.807) is 32.9 Å². The van der Waals surface area contributed by atoms with E-state index in [-0.39, 0.29) is 61.1 Å². The fraction of sp³-hybridized carbons (Fsp3) is 0.935. The van der Waals surface area contributed by atoms with Crippen LogP contribution in [0.25, 0.3) is 0 Å². The van der Waals surface area contributed by atoms with Crippen LogP contribution in [0.5, 0.6) is 0 Å². The summed E-state index contributed by atoms with van der Waals surface area (Å²) in [5.41, 5.74) is -2.49. The summed E-state index contributed by atoms with van der Waals surface area (Å²) in [4.78, 5) is 51.3. The number of hydrogen-bond acceptors (Lipinski definition) is 14. The van der Waals surface area contributed by atoms with Crippen molar-refractivity contribution in [3.8, 4) is 0 Å². The molecule has 3 N–H and O–H groups in total. The van der Waals surface area contributed by atoms with Crippen LogP contribution in [0.1, 0.15) is 93.4 Å². The Labute approximate surface area is 377 Å². The van der Waals surface area contributed by atoms with Crippen LogP contribution >= 0.6 is 0 Å². The Hall–Kier alpha value is -2.03. The van der Waals surface area contributed by atoms with Crippen molar-refractivity contribution in [2.75, 3.05) is 94.3 Å². The monoisotopic (exact) mass is 897 g/mol. The SMILES string of the molecule is CO[C@]1(C)C[C@H](O[C@H]2[C@H](C)[C@@H](O[C@@H]3O[C@H](C)C[C@H](N(C)C)[C@H]3OCCCNC(=O)CN3CCN(C)CC3)[C@](C)(O)C[C@@H](C)CN(C)C(=O)C[C@@H]3CCCN3C(=O)[C@@H]2C)O[C@@H](C)[C@@H]1O. The minimum absolute atomic E-state index is 0.00237. The summed E-state index contributed by atoms with van der Waals surface area (Å²) in [6.45, 7) is 18.9. The summed E-state index contributed by atoms with van der Waals surface area (Å²) in [5, 5.41) is 27.0. The summed E-state index contributed by atoms with van der Waals surface area (Å²) < 4.78 is 39.6. The zero-order valence-corrected chi connectivity index (χ0v) is 40.6. The molecule has 5 rings (SSSR count). The maximum Gasteiger partial charge on any atom is 0.234 e. The zero-order chi connectivity index (χ0) is 46.4. The van der Waals surface area contributed by atoms with Gasteiger partial charge >= 0.3 is 0 Å². The largest absolute Gasteiger partial charge is 0.387 e. The van der Waals surface area contributed by atoms with Crippen molar-refractivity contribution in [3.63, 3.8) is 0 Å². The molecule has 0 aromatic heterocycles. The average Bonchev–Trinajstić information content (AvgIpc) is 3.68. The van der Waals surface area contributed by atoms with Gasteiger partial charge in [-0.15, -0.1) is 0 Å². The zero-order valence-electron chi connectivity index (χ0n) is 40.6. The Bertz CT molecular complexity index is 1490. The van der Waals surface area contributed by atoms with Gasteiger partial charge < -0.3 is 63.6 Å². The number of carbonyl (C=O) groups excluding carboxylic acids is 3. The number of carbonyl (C=O) groups is 3. The lowest BCUT2D eigenvalue weighted by atomic mass is 9.77. The van der Waals surface area contributed by atoms with Crippen LogP contribution in [-0.4, -0.2) is 219 Å². The molecule has 3 amide bonds. The Morgan fingerprint density at radius 3 is 2.33 bits per heavy atom. The number of rotatable bonds is 13. The van der Waals surface area contributed by atoms with E-state index >= 15 is 0 Å². The number of piperazine rings is 1. The first-order chi connectivity index (χ1) is 29.6. The Balaban J connectivity index is 1.44. The van der Waals surface area contributed by atoms with Gasteiger partial charge in [0.25, 0.3) is 0 Å². The van der Waals surface area contributed by atoms with Gasteiger partial charge in [-0.05, 0) is 86.9 Å². The number of aliphatic hydroxyl groups excluding tert-OH is 1. The van der Waals surface area contributed by atoms with Crippen LogP contribution in [0.15, 0.2) is 0 Å². The predicted molar refractivity (Wildman–Crippen MR) is 238 cm³/mol. The van der Waals surface area contributed by atoms with E-state index in [0.717, 1.165) is 39.0 Å². The summed E-state index contributed by atoms with van der Waals surface area (Å²) in [6.07, 6.45) is -2.40. The summed E-state index contributed by atoms with van der Waals surface area (Å²) in [6, 6.07) is -0.335. The second kappa shape index (κ2) is 22.6. The van der Waals surface area contributed by atoms with E-state index in [1.807, 2.05) is 53.6 Å². The number of hydrogen-bond donors (Lipinski definition) is 3. The first-order valence-electron chi connectivity index (χ1n) is 23.7. The molecule has 5 aliphatic rings. The third-order valence-electron chi connectivity index (χ3n) is 14.6. The normalized spacial score (nSPS) is 40.8. The molecule has 0 spiro atoms. The van der Waals surface area contributed by atoms with Crippen LogP contribution < -0.4 is 5.32 Å². The number of nitrogens with one attached hydrogen (secondary N) is 1. The van der Waals surface area contributed by atoms with Gasteiger partial charge in [-0.3, -0.25) is 19.3 Å². The molecule has 0 radical (unpaired) electrons. The quantitative estimate of drug-likeness (QED) is 0.228. The van der Waals surface area contributed by atoms with E-state index in [9.17, 15) is 24.6 Å². The van der Waals surface area contributed by atoms with Gasteiger partial charge in [0, 0.05) is 97.4 Å². The highest BCUT2D eigenvalue weighted by atomic mass is 16.7. The standard InChI is InChI=1S/C46H84N6O11/c1-29-25-45(6,57)42(63-44-40(35(48(8)9)23-30(2)60-44)59-22-14-16-47-36(53)28-51-20-18-49(10)19-21-51)31(3)39(62-38-26-46(7,58-12)41(55)33(5)61-38)32(4)43(56)52-17-13-15-34(52)24-37(54)50(11)27-29/h29-35,38-42,44,55,57H,13-28H2,1-12H3,(H,47,53)/t29-,30-,31+,32-,33+,34+,35+,38+,39+,40-,41+,42-,44+,45-,46-/m1/s1. The molecule has 17 heteroatoms. The van der Waals surface area contributed by atoms with Gasteiger partial charge in [-0.2, -0.15) is 0 Å². The van der Waals surface area contributed by atoms with Crippen molar-refractivity contribution in [2.45, 2.75) is 166 Å². The lowest BCUT2D eigenvalue weighted by Crippen LogP contribution is -2.61. The number of likely N-dealkylation sites (N-methyl/N-ethyl adjacent to an activating group) is 2.